The number of rotatable bonds is 4. The number of hydrogen-bond acceptors (Lipinski definition) is 3. The van der Waals surface area contributed by atoms with Crippen molar-refractivity contribution in [2.75, 3.05) is 11.1 Å². The summed E-state index contributed by atoms with van der Waals surface area (Å²) in [6, 6.07) is 7.68. The standard InChI is InChI=1S/C16H25NO2S/c1-3-20(18,19)16-12-8-7-11-15(16)17-14-10-6-4-5-9-13(14)2/h7-8,11-14,17H,3-6,9-10H2,1-2H3. The molecule has 0 aromatic heterocycles. The van der Waals surface area contributed by atoms with Crippen LogP contribution < -0.4 is 5.32 Å². The van der Waals surface area contributed by atoms with Crippen molar-refractivity contribution in [3.8, 4) is 0 Å². The first kappa shape index (κ1) is 15.4. The molecule has 4 heteroatoms. The third-order valence-electron chi connectivity index (χ3n) is 4.30. The molecule has 1 aromatic rings. The molecule has 0 heterocycles. The number of anilines is 1. The van der Waals surface area contributed by atoms with Gasteiger partial charge >= 0.3 is 0 Å². The maximum atomic E-state index is 12.2. The first-order chi connectivity index (χ1) is 9.54. The van der Waals surface area contributed by atoms with E-state index in [0.717, 1.165) is 12.1 Å². The molecule has 0 saturated heterocycles. The molecule has 2 rings (SSSR count). The maximum absolute atomic E-state index is 12.2. The predicted octanol–water partition coefficient (Wildman–Crippen LogP) is 3.86. The second kappa shape index (κ2) is 6.61. The summed E-state index contributed by atoms with van der Waals surface area (Å²) in [4.78, 5) is 0.443. The number of benzene rings is 1. The number of sulfone groups is 1. The molecule has 20 heavy (non-hydrogen) atoms. The van der Waals surface area contributed by atoms with Crippen molar-refractivity contribution in [3.63, 3.8) is 0 Å². The fourth-order valence-corrected chi connectivity index (χ4v) is 3.98. The van der Waals surface area contributed by atoms with Crippen LogP contribution in [0.4, 0.5) is 5.69 Å². The van der Waals surface area contributed by atoms with E-state index in [9.17, 15) is 8.42 Å². The molecule has 1 N–H and O–H groups in total. The van der Waals surface area contributed by atoms with Crippen molar-refractivity contribution >= 4 is 15.5 Å². The Morgan fingerprint density at radius 2 is 1.85 bits per heavy atom. The molecule has 3 nitrogen and oxygen atoms in total. The molecule has 1 fully saturated rings. The van der Waals surface area contributed by atoms with E-state index in [2.05, 4.69) is 12.2 Å². The topological polar surface area (TPSA) is 46.2 Å². The van der Waals surface area contributed by atoms with Gasteiger partial charge in [0.15, 0.2) is 9.84 Å². The van der Waals surface area contributed by atoms with E-state index in [1.54, 1.807) is 19.1 Å². The van der Waals surface area contributed by atoms with Gasteiger partial charge in [-0.2, -0.15) is 0 Å². The highest BCUT2D eigenvalue weighted by Crippen LogP contribution is 2.29. The molecule has 0 bridgehead atoms. The van der Waals surface area contributed by atoms with E-state index in [4.69, 9.17) is 0 Å². The van der Waals surface area contributed by atoms with Crippen LogP contribution in [0.1, 0.15) is 46.0 Å². The zero-order valence-corrected chi connectivity index (χ0v) is 13.2. The van der Waals surface area contributed by atoms with E-state index >= 15 is 0 Å². The second-order valence-corrected chi connectivity index (χ2v) is 8.01. The largest absolute Gasteiger partial charge is 0.381 e. The van der Waals surface area contributed by atoms with Gasteiger partial charge in [0.2, 0.25) is 0 Å². The summed E-state index contributed by atoms with van der Waals surface area (Å²) >= 11 is 0. The number of nitrogens with one attached hydrogen (secondary N) is 1. The molecule has 2 atom stereocenters. The van der Waals surface area contributed by atoms with Crippen LogP contribution in [0.2, 0.25) is 0 Å². The smallest absolute Gasteiger partial charge is 0.180 e. The van der Waals surface area contributed by atoms with Crippen LogP contribution in [-0.4, -0.2) is 20.2 Å². The molecule has 1 aliphatic rings. The zero-order chi connectivity index (χ0) is 14.6. The van der Waals surface area contributed by atoms with Crippen LogP contribution >= 0.6 is 0 Å². The summed E-state index contributed by atoms with van der Waals surface area (Å²) < 4.78 is 24.3. The first-order valence-corrected chi connectivity index (χ1v) is 9.28. The highest BCUT2D eigenvalue weighted by Gasteiger charge is 2.22. The van der Waals surface area contributed by atoms with Crippen molar-refractivity contribution in [2.24, 2.45) is 5.92 Å². The summed E-state index contributed by atoms with van der Waals surface area (Å²) in [6.07, 6.45) is 6.15. The molecule has 0 aliphatic heterocycles. The highest BCUT2D eigenvalue weighted by molar-refractivity contribution is 7.91. The van der Waals surface area contributed by atoms with Crippen LogP contribution in [0.3, 0.4) is 0 Å². The van der Waals surface area contributed by atoms with E-state index in [1.807, 2.05) is 12.1 Å². The van der Waals surface area contributed by atoms with Gasteiger partial charge in [0.25, 0.3) is 0 Å². The molecule has 1 aliphatic carbocycles. The third-order valence-corrected chi connectivity index (χ3v) is 6.09. The number of hydrogen-bond donors (Lipinski definition) is 1. The van der Waals surface area contributed by atoms with Crippen molar-refractivity contribution in [1.29, 1.82) is 0 Å². The minimum atomic E-state index is -3.17. The lowest BCUT2D eigenvalue weighted by molar-refractivity contribution is 0.456. The normalized spacial score (nSPS) is 24.1. The lowest BCUT2D eigenvalue weighted by Gasteiger charge is -2.25. The minimum absolute atomic E-state index is 0.145. The summed E-state index contributed by atoms with van der Waals surface area (Å²) in [5.74, 6) is 0.737. The Kier molecular flexibility index (Phi) is 5.08. The third kappa shape index (κ3) is 3.54. The molecule has 112 valence electrons. The van der Waals surface area contributed by atoms with Gasteiger partial charge in [-0.3, -0.25) is 0 Å². The van der Waals surface area contributed by atoms with E-state index in [-0.39, 0.29) is 5.75 Å². The average molecular weight is 295 g/mol. The maximum Gasteiger partial charge on any atom is 0.180 e. The summed E-state index contributed by atoms with van der Waals surface area (Å²) in [5, 5.41) is 3.50. The van der Waals surface area contributed by atoms with Crippen molar-refractivity contribution < 1.29 is 8.42 Å². The molecule has 0 spiro atoms. The molecule has 1 aromatic carbocycles. The van der Waals surface area contributed by atoms with Gasteiger partial charge in [-0.05, 0) is 30.9 Å². The molecule has 2 unspecified atom stereocenters. The van der Waals surface area contributed by atoms with Gasteiger partial charge in [0, 0.05) is 6.04 Å². The Morgan fingerprint density at radius 1 is 1.15 bits per heavy atom. The van der Waals surface area contributed by atoms with Gasteiger partial charge in [-0.15, -0.1) is 0 Å². The van der Waals surface area contributed by atoms with Crippen LogP contribution in [0.25, 0.3) is 0 Å². The van der Waals surface area contributed by atoms with E-state index in [0.29, 0.717) is 16.9 Å². The van der Waals surface area contributed by atoms with E-state index in [1.165, 1.54) is 25.7 Å². The minimum Gasteiger partial charge on any atom is -0.381 e. The van der Waals surface area contributed by atoms with Gasteiger partial charge in [0.05, 0.1) is 16.3 Å². The average Bonchev–Trinajstić information content (AvgIpc) is 2.65. The SMILES string of the molecule is CCS(=O)(=O)c1ccccc1NC1CCCCCC1C. The Labute approximate surface area is 122 Å². The van der Waals surface area contributed by atoms with Gasteiger partial charge in [0.1, 0.15) is 0 Å². The zero-order valence-electron chi connectivity index (χ0n) is 12.4. The summed E-state index contributed by atoms with van der Waals surface area (Å²) in [5.41, 5.74) is 0.771. The van der Waals surface area contributed by atoms with Gasteiger partial charge in [-0.25, -0.2) is 8.42 Å². The fraction of sp³-hybridized carbons (Fsp3) is 0.625. The Hall–Kier alpha value is -1.03. The predicted molar refractivity (Wildman–Crippen MR) is 83.8 cm³/mol. The first-order valence-electron chi connectivity index (χ1n) is 7.63. The van der Waals surface area contributed by atoms with Crippen LogP contribution in [0, 0.1) is 5.92 Å². The van der Waals surface area contributed by atoms with Gasteiger partial charge < -0.3 is 5.32 Å². The second-order valence-electron chi connectivity index (χ2n) is 5.77. The number of para-hydroxylation sites is 1. The van der Waals surface area contributed by atoms with Gasteiger partial charge in [-0.1, -0.05) is 45.2 Å². The fourth-order valence-electron chi connectivity index (χ4n) is 2.92. The highest BCUT2D eigenvalue weighted by atomic mass is 32.2. The summed E-state index contributed by atoms with van der Waals surface area (Å²) in [6.45, 7) is 3.96. The molecule has 0 radical (unpaired) electrons. The Morgan fingerprint density at radius 3 is 2.60 bits per heavy atom. The lowest BCUT2D eigenvalue weighted by atomic mass is 9.97. The van der Waals surface area contributed by atoms with Crippen LogP contribution in [0.5, 0.6) is 0 Å². The molecular formula is C16H25NO2S. The van der Waals surface area contributed by atoms with Crippen LogP contribution in [0.15, 0.2) is 29.2 Å². The van der Waals surface area contributed by atoms with Crippen molar-refractivity contribution in [1.82, 2.24) is 0 Å². The Balaban J connectivity index is 2.25. The Bertz CT molecular complexity index is 539. The van der Waals surface area contributed by atoms with Crippen molar-refractivity contribution in [2.45, 2.75) is 56.9 Å². The summed E-state index contributed by atoms with van der Waals surface area (Å²) in [7, 11) is -3.17. The molecule has 1 saturated carbocycles. The van der Waals surface area contributed by atoms with Crippen molar-refractivity contribution in [3.05, 3.63) is 24.3 Å². The molecule has 0 amide bonds. The monoisotopic (exact) mass is 295 g/mol. The van der Waals surface area contributed by atoms with E-state index < -0.39 is 9.84 Å². The lowest BCUT2D eigenvalue weighted by Crippen LogP contribution is -2.27. The molecular weight excluding hydrogens is 270 g/mol. The quantitative estimate of drug-likeness (QED) is 0.858. The van der Waals surface area contributed by atoms with Crippen LogP contribution in [-0.2, 0) is 9.84 Å².